The second-order valence-electron chi connectivity index (χ2n) is 9.55. The van der Waals surface area contributed by atoms with Gasteiger partial charge in [0.15, 0.2) is 11.3 Å². The van der Waals surface area contributed by atoms with Crippen molar-refractivity contribution in [1.29, 1.82) is 0 Å². The van der Waals surface area contributed by atoms with E-state index >= 15 is 0 Å². The van der Waals surface area contributed by atoms with Crippen LogP contribution in [-0.2, 0) is 11.0 Å². The summed E-state index contributed by atoms with van der Waals surface area (Å²) in [5.41, 5.74) is -0.994. The van der Waals surface area contributed by atoms with Crippen LogP contribution in [0.4, 0.5) is 13.2 Å². The largest absolute Gasteiger partial charge is 0.419 e. The van der Waals surface area contributed by atoms with E-state index in [1.54, 1.807) is 6.20 Å². The predicted molar refractivity (Wildman–Crippen MR) is 129 cm³/mol. The van der Waals surface area contributed by atoms with Crippen molar-refractivity contribution >= 4 is 51.7 Å². The lowest BCUT2D eigenvalue weighted by Crippen LogP contribution is -2.56. The minimum atomic E-state index is -4.63. The van der Waals surface area contributed by atoms with Crippen LogP contribution >= 0.6 is 34.2 Å². The normalized spacial score (nSPS) is 24.2. The zero-order chi connectivity index (χ0) is 24.2. The molecule has 0 atom stereocenters. The van der Waals surface area contributed by atoms with E-state index in [-0.39, 0.29) is 40.9 Å². The molecule has 3 heterocycles. The Hall–Kier alpha value is -1.56. The van der Waals surface area contributed by atoms with Crippen molar-refractivity contribution in [2.24, 2.45) is 5.92 Å². The van der Waals surface area contributed by atoms with Gasteiger partial charge in [-0.15, -0.1) is 0 Å². The lowest BCUT2D eigenvalue weighted by atomic mass is 9.86. The van der Waals surface area contributed by atoms with Gasteiger partial charge in [0.05, 0.1) is 5.56 Å². The van der Waals surface area contributed by atoms with Gasteiger partial charge in [0.1, 0.15) is 11.7 Å². The van der Waals surface area contributed by atoms with Gasteiger partial charge < -0.3 is 9.80 Å². The van der Waals surface area contributed by atoms with Crippen LogP contribution in [0.2, 0.25) is 5.15 Å². The predicted octanol–water partition coefficient (Wildman–Crippen LogP) is 5.16. The number of nitrogens with zero attached hydrogens (tertiary/aromatic N) is 4. The highest BCUT2D eigenvalue weighted by Crippen LogP contribution is 2.43. The average molecular weight is 609 g/mol. The molecular weight excluding hydrogens is 584 g/mol. The van der Waals surface area contributed by atoms with Crippen LogP contribution in [-0.4, -0.2) is 61.1 Å². The highest BCUT2D eigenvalue weighted by atomic mass is 127. The molecule has 0 aromatic carbocycles. The van der Waals surface area contributed by atoms with E-state index in [0.29, 0.717) is 24.6 Å². The fourth-order valence-electron chi connectivity index (χ4n) is 5.13. The third kappa shape index (κ3) is 4.52. The second kappa shape index (κ2) is 9.15. The van der Waals surface area contributed by atoms with Gasteiger partial charge in [-0.25, -0.2) is 4.98 Å². The molecule has 6 nitrogen and oxygen atoms in total. The summed E-state index contributed by atoms with van der Waals surface area (Å²) in [5.74, 6) is 0.0237. The molecule has 3 aliphatic rings. The van der Waals surface area contributed by atoms with Crippen LogP contribution in [0.15, 0.2) is 12.3 Å². The van der Waals surface area contributed by atoms with E-state index in [2.05, 4.69) is 27.6 Å². The number of pyridine rings is 1. The Morgan fingerprint density at radius 2 is 1.85 bits per heavy atom. The monoisotopic (exact) mass is 608 g/mol. The molecule has 0 unspecified atom stereocenters. The third-order valence-electron chi connectivity index (χ3n) is 7.26. The number of imidazole rings is 1. The van der Waals surface area contributed by atoms with Crippen molar-refractivity contribution in [3.63, 3.8) is 0 Å². The smallest absolute Gasteiger partial charge is 0.336 e. The van der Waals surface area contributed by atoms with E-state index in [4.69, 9.17) is 11.6 Å². The fourth-order valence-corrected chi connectivity index (χ4v) is 6.26. The first kappa shape index (κ1) is 24.1. The molecule has 5 rings (SSSR count). The molecule has 0 spiro atoms. The van der Waals surface area contributed by atoms with Crippen LogP contribution in [0.1, 0.15) is 66.1 Å². The number of amides is 2. The Kier molecular flexibility index (Phi) is 6.50. The van der Waals surface area contributed by atoms with E-state index in [0.717, 1.165) is 53.4 Å². The highest BCUT2D eigenvalue weighted by Gasteiger charge is 2.39. The third-order valence-corrected chi connectivity index (χ3v) is 8.87. The van der Waals surface area contributed by atoms with Gasteiger partial charge >= 0.3 is 6.18 Å². The quantitative estimate of drug-likeness (QED) is 0.356. The average Bonchev–Trinajstić information content (AvgIpc) is 3.61. The van der Waals surface area contributed by atoms with Crippen LogP contribution in [0.3, 0.4) is 0 Å². The zero-order valence-electron chi connectivity index (χ0n) is 18.5. The van der Waals surface area contributed by atoms with Crippen LogP contribution in [0.25, 0.3) is 5.65 Å². The van der Waals surface area contributed by atoms with Gasteiger partial charge in [-0.2, -0.15) is 13.2 Å². The Morgan fingerprint density at radius 3 is 2.44 bits per heavy atom. The number of alkyl halides is 4. The molecule has 0 radical (unpaired) electrons. The van der Waals surface area contributed by atoms with Crippen molar-refractivity contribution < 1.29 is 22.8 Å². The number of carbonyl (C=O) groups is 2. The first-order valence-corrected chi connectivity index (χ1v) is 13.5. The van der Waals surface area contributed by atoms with Gasteiger partial charge in [-0.3, -0.25) is 14.0 Å². The summed E-state index contributed by atoms with van der Waals surface area (Å²) in [6.07, 6.45) is 2.70. The standard InChI is InChI=1S/C23H25ClF3IN4O2/c24-20-19(29-21-17(23(25,26)27)9-15(11-32(20)21)14-3-4-14)22(34)30-7-8-31(18(33)12-30)16-5-1-13(10-28)2-6-16/h9,11,13-14,16H,1-8,10,12H2. The number of fused-ring (bicyclic) bond motifs is 1. The molecule has 2 aliphatic carbocycles. The highest BCUT2D eigenvalue weighted by molar-refractivity contribution is 14.1. The Morgan fingerprint density at radius 1 is 1.15 bits per heavy atom. The first-order chi connectivity index (χ1) is 16.2. The van der Waals surface area contributed by atoms with Crippen molar-refractivity contribution in [1.82, 2.24) is 19.2 Å². The molecule has 11 heteroatoms. The van der Waals surface area contributed by atoms with E-state index in [1.807, 2.05) is 4.90 Å². The van der Waals surface area contributed by atoms with E-state index in [1.165, 1.54) is 4.90 Å². The van der Waals surface area contributed by atoms with Crippen LogP contribution in [0, 0.1) is 5.92 Å². The maximum atomic E-state index is 13.8. The number of hydrogen-bond donors (Lipinski definition) is 0. The van der Waals surface area contributed by atoms with Crippen molar-refractivity contribution in [3.05, 3.63) is 34.2 Å². The van der Waals surface area contributed by atoms with Gasteiger partial charge in [0.25, 0.3) is 5.91 Å². The summed E-state index contributed by atoms with van der Waals surface area (Å²) in [5, 5.41) is -0.153. The Balaban J connectivity index is 1.37. The second-order valence-corrected chi connectivity index (χ2v) is 10.8. The van der Waals surface area contributed by atoms with Gasteiger partial charge in [-0.1, -0.05) is 34.2 Å². The maximum Gasteiger partial charge on any atom is 0.419 e. The molecule has 1 aliphatic heterocycles. The molecule has 1 saturated heterocycles. The molecule has 2 amide bonds. The number of hydrogen-bond acceptors (Lipinski definition) is 3. The SMILES string of the molecule is O=C(c1nc2c(C(F)(F)F)cc(C3CC3)cn2c1Cl)N1CCN(C2CCC(CI)CC2)C(=O)C1. The number of carbonyl (C=O) groups excluding carboxylic acids is 2. The molecule has 3 fully saturated rings. The number of rotatable bonds is 4. The number of aromatic nitrogens is 2. The molecule has 0 bridgehead atoms. The summed E-state index contributed by atoms with van der Waals surface area (Å²) in [6.45, 7) is 0.601. The summed E-state index contributed by atoms with van der Waals surface area (Å²) in [6, 6.07) is 1.30. The molecule has 2 saturated carbocycles. The van der Waals surface area contributed by atoms with Gasteiger partial charge in [0.2, 0.25) is 5.91 Å². The topological polar surface area (TPSA) is 57.9 Å². The van der Waals surface area contributed by atoms with Gasteiger partial charge in [0, 0.05) is 29.8 Å². The number of piperazine rings is 1. The van der Waals surface area contributed by atoms with Gasteiger partial charge in [-0.05, 0) is 62.0 Å². The lowest BCUT2D eigenvalue weighted by Gasteiger charge is -2.41. The summed E-state index contributed by atoms with van der Waals surface area (Å²) in [4.78, 5) is 33.3. The Bertz CT molecular complexity index is 1130. The van der Waals surface area contributed by atoms with Crippen molar-refractivity contribution in [2.75, 3.05) is 24.1 Å². The minimum absolute atomic E-state index is 0.0701. The fraction of sp³-hybridized carbons (Fsp3) is 0.609. The molecule has 34 heavy (non-hydrogen) atoms. The molecular formula is C23H25ClF3IN4O2. The van der Waals surface area contributed by atoms with E-state index < -0.39 is 17.6 Å². The summed E-state index contributed by atoms with van der Waals surface area (Å²) < 4.78 is 43.5. The molecule has 2 aromatic rings. The minimum Gasteiger partial charge on any atom is -0.336 e. The lowest BCUT2D eigenvalue weighted by molar-refractivity contribution is -0.138. The number of halogens is 5. The van der Waals surface area contributed by atoms with Crippen LogP contribution < -0.4 is 0 Å². The first-order valence-electron chi connectivity index (χ1n) is 11.6. The Labute approximate surface area is 213 Å². The van der Waals surface area contributed by atoms with Crippen molar-refractivity contribution in [2.45, 2.75) is 56.7 Å². The maximum absolute atomic E-state index is 13.8. The van der Waals surface area contributed by atoms with Crippen LogP contribution in [0.5, 0.6) is 0 Å². The summed E-state index contributed by atoms with van der Waals surface area (Å²) in [7, 11) is 0. The molecule has 184 valence electrons. The zero-order valence-corrected chi connectivity index (χ0v) is 21.4. The van der Waals surface area contributed by atoms with Crippen molar-refractivity contribution in [3.8, 4) is 0 Å². The van der Waals surface area contributed by atoms with E-state index in [9.17, 15) is 22.8 Å². The molecule has 0 N–H and O–H groups in total. The molecule has 2 aromatic heterocycles. The summed E-state index contributed by atoms with van der Waals surface area (Å²) >= 11 is 8.80.